The molecule has 24 heavy (non-hydrogen) atoms. The van der Waals surface area contributed by atoms with Crippen LogP contribution in [0.3, 0.4) is 0 Å². The standard InChI is InChI=1S/C18H17N3O2S/c22-11-16(13-6-2-1-3-7-13)21-17(23)10-14-12-24-18(20-14)15-8-4-5-9-19-15/h1-9,12,16,22H,10-11H2,(H,21,23)/t16-/m1/s1. The van der Waals surface area contributed by atoms with Crippen molar-refractivity contribution in [1.29, 1.82) is 0 Å². The van der Waals surface area contributed by atoms with Crippen molar-refractivity contribution in [3.63, 3.8) is 0 Å². The number of thiazole rings is 1. The van der Waals surface area contributed by atoms with Crippen molar-refractivity contribution >= 4 is 17.2 Å². The number of rotatable bonds is 6. The highest BCUT2D eigenvalue weighted by atomic mass is 32.1. The van der Waals surface area contributed by atoms with Crippen LogP contribution in [0.25, 0.3) is 10.7 Å². The van der Waals surface area contributed by atoms with E-state index in [-0.39, 0.29) is 18.9 Å². The minimum absolute atomic E-state index is 0.147. The molecule has 0 spiro atoms. The lowest BCUT2D eigenvalue weighted by Crippen LogP contribution is -2.32. The molecule has 1 amide bonds. The minimum atomic E-state index is -0.410. The Morgan fingerprint density at radius 1 is 1.17 bits per heavy atom. The van der Waals surface area contributed by atoms with Crippen molar-refractivity contribution in [2.24, 2.45) is 0 Å². The van der Waals surface area contributed by atoms with Crippen molar-refractivity contribution in [3.8, 4) is 10.7 Å². The maximum absolute atomic E-state index is 12.2. The smallest absolute Gasteiger partial charge is 0.226 e. The summed E-state index contributed by atoms with van der Waals surface area (Å²) in [5.74, 6) is -0.171. The molecule has 2 heterocycles. The van der Waals surface area contributed by atoms with Crippen LogP contribution in [-0.4, -0.2) is 27.6 Å². The lowest BCUT2D eigenvalue weighted by molar-refractivity contribution is -0.121. The van der Waals surface area contributed by atoms with Crippen molar-refractivity contribution in [1.82, 2.24) is 15.3 Å². The van der Waals surface area contributed by atoms with E-state index in [2.05, 4.69) is 15.3 Å². The van der Waals surface area contributed by atoms with Gasteiger partial charge < -0.3 is 10.4 Å². The van der Waals surface area contributed by atoms with E-state index in [1.807, 2.05) is 53.9 Å². The zero-order chi connectivity index (χ0) is 16.8. The summed E-state index contributed by atoms with van der Waals surface area (Å²) in [7, 11) is 0. The van der Waals surface area contributed by atoms with Crippen molar-refractivity contribution in [3.05, 3.63) is 71.4 Å². The van der Waals surface area contributed by atoms with E-state index in [4.69, 9.17) is 0 Å². The Morgan fingerprint density at radius 3 is 2.67 bits per heavy atom. The summed E-state index contributed by atoms with van der Waals surface area (Å²) in [5.41, 5.74) is 2.37. The Balaban J connectivity index is 1.64. The monoisotopic (exact) mass is 339 g/mol. The Morgan fingerprint density at radius 2 is 1.96 bits per heavy atom. The average molecular weight is 339 g/mol. The van der Waals surface area contributed by atoms with Gasteiger partial charge in [0.15, 0.2) is 0 Å². The van der Waals surface area contributed by atoms with Gasteiger partial charge in [-0.3, -0.25) is 9.78 Å². The number of hydrogen-bond acceptors (Lipinski definition) is 5. The Kier molecular flexibility index (Phi) is 5.30. The van der Waals surface area contributed by atoms with Gasteiger partial charge in [0.1, 0.15) is 5.01 Å². The highest BCUT2D eigenvalue weighted by Gasteiger charge is 2.15. The number of nitrogens with one attached hydrogen (secondary N) is 1. The summed E-state index contributed by atoms with van der Waals surface area (Å²) in [6.07, 6.45) is 1.89. The molecule has 3 aromatic rings. The molecule has 0 aliphatic carbocycles. The van der Waals surface area contributed by atoms with Gasteiger partial charge in [-0.25, -0.2) is 4.98 Å². The quantitative estimate of drug-likeness (QED) is 0.724. The van der Waals surface area contributed by atoms with Crippen LogP contribution in [0.2, 0.25) is 0 Å². The van der Waals surface area contributed by atoms with Crippen LogP contribution in [-0.2, 0) is 11.2 Å². The molecule has 2 N–H and O–H groups in total. The molecular formula is C18H17N3O2S. The second-order valence-electron chi connectivity index (χ2n) is 5.25. The zero-order valence-electron chi connectivity index (χ0n) is 12.9. The Labute approximate surface area is 144 Å². The first-order valence-corrected chi connectivity index (χ1v) is 8.45. The molecule has 0 saturated heterocycles. The molecule has 122 valence electrons. The molecule has 0 fully saturated rings. The highest BCUT2D eigenvalue weighted by Crippen LogP contribution is 2.21. The number of aliphatic hydroxyl groups is 1. The van der Waals surface area contributed by atoms with Gasteiger partial charge in [0.05, 0.1) is 30.5 Å². The van der Waals surface area contributed by atoms with Gasteiger partial charge in [0.2, 0.25) is 5.91 Å². The first-order chi connectivity index (χ1) is 11.8. The van der Waals surface area contributed by atoms with E-state index < -0.39 is 6.04 Å². The van der Waals surface area contributed by atoms with Crippen LogP contribution < -0.4 is 5.32 Å². The van der Waals surface area contributed by atoms with Gasteiger partial charge in [0.25, 0.3) is 0 Å². The maximum Gasteiger partial charge on any atom is 0.226 e. The summed E-state index contributed by atoms with van der Waals surface area (Å²) in [5, 5.41) is 15.0. The number of carbonyl (C=O) groups excluding carboxylic acids is 1. The third kappa shape index (κ3) is 4.04. The number of amides is 1. The number of nitrogens with zero attached hydrogens (tertiary/aromatic N) is 2. The first-order valence-electron chi connectivity index (χ1n) is 7.57. The van der Waals surface area contributed by atoms with E-state index in [1.54, 1.807) is 6.20 Å². The van der Waals surface area contributed by atoms with E-state index in [0.29, 0.717) is 5.69 Å². The Bertz CT molecular complexity index is 790. The van der Waals surface area contributed by atoms with Crippen LogP contribution in [0.4, 0.5) is 0 Å². The number of aliphatic hydroxyl groups excluding tert-OH is 1. The third-order valence-electron chi connectivity index (χ3n) is 3.50. The normalized spacial score (nSPS) is 11.9. The van der Waals surface area contributed by atoms with Gasteiger partial charge >= 0.3 is 0 Å². The van der Waals surface area contributed by atoms with Gasteiger partial charge in [-0.05, 0) is 17.7 Å². The van der Waals surface area contributed by atoms with E-state index in [0.717, 1.165) is 16.3 Å². The number of hydrogen-bond donors (Lipinski definition) is 2. The van der Waals surface area contributed by atoms with Crippen LogP contribution in [0.15, 0.2) is 60.1 Å². The summed E-state index contributed by atoms with van der Waals surface area (Å²) >= 11 is 1.46. The zero-order valence-corrected chi connectivity index (χ0v) is 13.7. The summed E-state index contributed by atoms with van der Waals surface area (Å²) in [6, 6.07) is 14.6. The minimum Gasteiger partial charge on any atom is -0.394 e. The van der Waals surface area contributed by atoms with Crippen molar-refractivity contribution in [2.45, 2.75) is 12.5 Å². The second kappa shape index (κ2) is 7.81. The van der Waals surface area contributed by atoms with Gasteiger partial charge in [0, 0.05) is 11.6 Å². The molecule has 0 unspecified atom stereocenters. The van der Waals surface area contributed by atoms with Crippen molar-refractivity contribution < 1.29 is 9.90 Å². The van der Waals surface area contributed by atoms with Crippen LogP contribution >= 0.6 is 11.3 Å². The number of benzene rings is 1. The predicted octanol–water partition coefficient (Wildman–Crippen LogP) is 2.60. The van der Waals surface area contributed by atoms with Gasteiger partial charge in [-0.1, -0.05) is 36.4 Å². The Hall–Kier alpha value is -2.57. The molecule has 0 radical (unpaired) electrons. The fourth-order valence-electron chi connectivity index (χ4n) is 2.32. The molecule has 2 aromatic heterocycles. The molecule has 3 rings (SSSR count). The predicted molar refractivity (Wildman–Crippen MR) is 93.5 cm³/mol. The maximum atomic E-state index is 12.2. The highest BCUT2D eigenvalue weighted by molar-refractivity contribution is 7.13. The molecule has 6 heteroatoms. The van der Waals surface area contributed by atoms with E-state index >= 15 is 0 Å². The lowest BCUT2D eigenvalue weighted by atomic mass is 10.1. The topological polar surface area (TPSA) is 75.1 Å². The fraction of sp³-hybridized carbons (Fsp3) is 0.167. The van der Waals surface area contributed by atoms with Gasteiger partial charge in [-0.2, -0.15) is 0 Å². The van der Waals surface area contributed by atoms with E-state index in [1.165, 1.54) is 11.3 Å². The molecule has 5 nitrogen and oxygen atoms in total. The lowest BCUT2D eigenvalue weighted by Gasteiger charge is -2.16. The molecule has 1 aromatic carbocycles. The summed E-state index contributed by atoms with van der Waals surface area (Å²) < 4.78 is 0. The number of aromatic nitrogens is 2. The largest absolute Gasteiger partial charge is 0.394 e. The third-order valence-corrected chi connectivity index (χ3v) is 4.41. The molecule has 0 bridgehead atoms. The van der Waals surface area contributed by atoms with Gasteiger partial charge in [-0.15, -0.1) is 11.3 Å². The van der Waals surface area contributed by atoms with E-state index in [9.17, 15) is 9.90 Å². The van der Waals surface area contributed by atoms with Crippen LogP contribution in [0, 0.1) is 0 Å². The second-order valence-corrected chi connectivity index (χ2v) is 6.11. The summed E-state index contributed by atoms with van der Waals surface area (Å²) in [4.78, 5) is 20.9. The molecule has 0 aliphatic heterocycles. The molecular weight excluding hydrogens is 322 g/mol. The molecule has 0 saturated carbocycles. The molecule has 0 aliphatic rings. The SMILES string of the molecule is O=C(Cc1csc(-c2ccccn2)n1)N[C@H](CO)c1ccccc1. The fourth-order valence-corrected chi connectivity index (χ4v) is 3.12. The van der Waals surface area contributed by atoms with Crippen LogP contribution in [0.1, 0.15) is 17.3 Å². The number of pyridine rings is 1. The summed E-state index contributed by atoms with van der Waals surface area (Å²) in [6.45, 7) is -0.147. The average Bonchev–Trinajstić information content (AvgIpc) is 3.09. The van der Waals surface area contributed by atoms with Crippen LogP contribution in [0.5, 0.6) is 0 Å². The van der Waals surface area contributed by atoms with Crippen molar-refractivity contribution in [2.75, 3.05) is 6.61 Å². The first kappa shape index (κ1) is 16.3. The number of carbonyl (C=O) groups is 1. The molecule has 1 atom stereocenters.